The van der Waals surface area contributed by atoms with Gasteiger partial charge in [0.1, 0.15) is 5.75 Å². The number of aromatic nitrogens is 1. The zero-order valence-corrected chi connectivity index (χ0v) is 13.2. The van der Waals surface area contributed by atoms with Crippen LogP contribution >= 0.6 is 0 Å². The number of rotatable bonds is 2. The second-order valence-corrected chi connectivity index (χ2v) is 5.96. The van der Waals surface area contributed by atoms with E-state index in [-0.39, 0.29) is 5.75 Å². The van der Waals surface area contributed by atoms with Crippen molar-refractivity contribution in [2.75, 3.05) is 6.54 Å². The Morgan fingerprint density at radius 2 is 2.12 bits per heavy atom. The van der Waals surface area contributed by atoms with Crippen molar-refractivity contribution >= 4 is 33.4 Å². The average molecular weight is 319 g/mol. The SMILES string of the molecule is Cc1c(O)ccc2[nH]c3c(C(N)=O)cc(C4=CC=CCN4)cc3c12. The number of phenols is 1. The fourth-order valence-corrected chi connectivity index (χ4v) is 3.27. The number of phenolic OH excluding ortho intramolecular Hbond substituents is 1. The van der Waals surface area contributed by atoms with E-state index >= 15 is 0 Å². The predicted octanol–water partition coefficient (Wildman–Crippen LogP) is 2.93. The molecule has 1 aromatic heterocycles. The quantitative estimate of drug-likeness (QED) is 0.585. The molecule has 4 rings (SSSR count). The van der Waals surface area contributed by atoms with E-state index in [1.54, 1.807) is 12.1 Å². The monoisotopic (exact) mass is 319 g/mol. The number of benzene rings is 2. The summed E-state index contributed by atoms with van der Waals surface area (Å²) in [5.41, 5.74) is 10.2. The van der Waals surface area contributed by atoms with Crippen molar-refractivity contribution in [3.8, 4) is 5.75 Å². The molecule has 2 aromatic carbocycles. The van der Waals surface area contributed by atoms with E-state index in [0.29, 0.717) is 11.1 Å². The maximum atomic E-state index is 12.0. The molecule has 0 radical (unpaired) electrons. The lowest BCUT2D eigenvalue weighted by molar-refractivity contribution is 0.100. The van der Waals surface area contributed by atoms with E-state index in [0.717, 1.165) is 39.7 Å². The van der Waals surface area contributed by atoms with Gasteiger partial charge in [-0.1, -0.05) is 12.2 Å². The summed E-state index contributed by atoms with van der Waals surface area (Å²) in [5, 5.41) is 15.1. The van der Waals surface area contributed by atoms with Crippen LogP contribution in [0.4, 0.5) is 0 Å². The Hall–Kier alpha value is -3.21. The summed E-state index contributed by atoms with van der Waals surface area (Å²) in [6.45, 7) is 2.60. The highest BCUT2D eigenvalue weighted by Gasteiger charge is 2.17. The number of hydrogen-bond acceptors (Lipinski definition) is 3. The van der Waals surface area contributed by atoms with Gasteiger partial charge >= 0.3 is 0 Å². The molecule has 2 heterocycles. The van der Waals surface area contributed by atoms with Gasteiger partial charge < -0.3 is 21.1 Å². The van der Waals surface area contributed by atoms with Gasteiger partial charge in [0.2, 0.25) is 0 Å². The van der Waals surface area contributed by atoms with Crippen LogP contribution in [0.3, 0.4) is 0 Å². The van der Waals surface area contributed by atoms with Crippen molar-refractivity contribution in [3.63, 3.8) is 0 Å². The minimum atomic E-state index is -0.484. The molecular formula is C19H17N3O2. The molecule has 24 heavy (non-hydrogen) atoms. The molecule has 0 saturated heterocycles. The largest absolute Gasteiger partial charge is 0.508 e. The molecule has 0 aliphatic carbocycles. The lowest BCUT2D eigenvalue weighted by atomic mass is 9.99. The highest BCUT2D eigenvalue weighted by atomic mass is 16.3. The third-order valence-electron chi connectivity index (χ3n) is 4.49. The van der Waals surface area contributed by atoms with E-state index in [2.05, 4.69) is 10.3 Å². The Morgan fingerprint density at radius 3 is 2.83 bits per heavy atom. The van der Waals surface area contributed by atoms with Crippen molar-refractivity contribution in [1.82, 2.24) is 10.3 Å². The molecule has 0 bridgehead atoms. The van der Waals surface area contributed by atoms with Gasteiger partial charge in [-0.25, -0.2) is 0 Å². The van der Waals surface area contributed by atoms with Crippen LogP contribution in [0.2, 0.25) is 0 Å². The third-order valence-corrected chi connectivity index (χ3v) is 4.49. The number of allylic oxidation sites excluding steroid dienone is 2. The summed E-state index contributed by atoms with van der Waals surface area (Å²) in [4.78, 5) is 15.2. The Morgan fingerprint density at radius 1 is 1.29 bits per heavy atom. The average Bonchev–Trinajstić information content (AvgIpc) is 2.97. The normalized spacial score (nSPS) is 14.0. The highest BCUT2D eigenvalue weighted by Crippen LogP contribution is 2.35. The van der Waals surface area contributed by atoms with Crippen LogP contribution in [0.25, 0.3) is 27.5 Å². The summed E-state index contributed by atoms with van der Waals surface area (Å²) in [6.07, 6.45) is 5.96. The van der Waals surface area contributed by atoms with Crippen LogP contribution in [0.15, 0.2) is 42.5 Å². The maximum Gasteiger partial charge on any atom is 0.250 e. The van der Waals surface area contributed by atoms with Gasteiger partial charge in [-0.15, -0.1) is 0 Å². The molecular weight excluding hydrogens is 302 g/mol. The van der Waals surface area contributed by atoms with Gasteiger partial charge in [0.15, 0.2) is 0 Å². The van der Waals surface area contributed by atoms with Gasteiger partial charge in [-0.3, -0.25) is 4.79 Å². The number of carbonyl (C=O) groups excluding carboxylic acids is 1. The molecule has 0 fully saturated rings. The van der Waals surface area contributed by atoms with Gasteiger partial charge in [0, 0.05) is 34.1 Å². The molecule has 0 unspecified atom stereocenters. The van der Waals surface area contributed by atoms with Crippen LogP contribution in [-0.2, 0) is 0 Å². The number of aromatic amines is 1. The number of dihydropyridines is 1. The van der Waals surface area contributed by atoms with Crippen molar-refractivity contribution in [1.29, 1.82) is 0 Å². The standard InChI is InChI=1S/C19H17N3O2/c1-10-16(23)6-5-15-17(10)12-8-11(14-4-2-3-7-21-14)9-13(19(20)24)18(12)22-15/h2-6,8-9,21-23H,7H2,1H3,(H2,20,24). The topological polar surface area (TPSA) is 91.1 Å². The van der Waals surface area contributed by atoms with Gasteiger partial charge in [0.25, 0.3) is 5.91 Å². The van der Waals surface area contributed by atoms with Gasteiger partial charge in [-0.05, 0) is 42.8 Å². The van der Waals surface area contributed by atoms with Crippen LogP contribution in [0, 0.1) is 6.92 Å². The highest BCUT2D eigenvalue weighted by molar-refractivity contribution is 6.16. The molecule has 0 spiro atoms. The van der Waals surface area contributed by atoms with Crippen LogP contribution in [0.5, 0.6) is 5.75 Å². The van der Waals surface area contributed by atoms with Crippen molar-refractivity contribution < 1.29 is 9.90 Å². The number of H-pyrrole nitrogens is 1. The number of nitrogens with one attached hydrogen (secondary N) is 2. The second kappa shape index (κ2) is 5.16. The van der Waals surface area contributed by atoms with Crippen molar-refractivity contribution in [3.05, 3.63) is 59.2 Å². The molecule has 0 atom stereocenters. The first kappa shape index (κ1) is 14.4. The van der Waals surface area contributed by atoms with E-state index in [1.807, 2.05) is 37.3 Å². The van der Waals surface area contributed by atoms with E-state index in [1.165, 1.54) is 0 Å². The number of aromatic hydroxyl groups is 1. The minimum absolute atomic E-state index is 0.229. The van der Waals surface area contributed by atoms with Crippen LogP contribution in [0.1, 0.15) is 21.5 Å². The Kier molecular flexibility index (Phi) is 3.09. The number of aryl methyl sites for hydroxylation is 1. The fraction of sp³-hybridized carbons (Fsp3) is 0.105. The Balaban J connectivity index is 2.12. The summed E-state index contributed by atoms with van der Waals surface area (Å²) in [5.74, 6) is -0.255. The van der Waals surface area contributed by atoms with Crippen LogP contribution < -0.4 is 11.1 Å². The minimum Gasteiger partial charge on any atom is -0.508 e. The molecule has 3 aromatic rings. The maximum absolute atomic E-state index is 12.0. The zero-order chi connectivity index (χ0) is 16.8. The molecule has 1 aliphatic rings. The van der Waals surface area contributed by atoms with E-state index in [9.17, 15) is 9.90 Å². The number of nitrogens with two attached hydrogens (primary N) is 1. The number of amides is 1. The zero-order valence-electron chi connectivity index (χ0n) is 13.2. The Labute approximate surface area is 138 Å². The third kappa shape index (κ3) is 2.06. The first-order valence-electron chi connectivity index (χ1n) is 7.75. The van der Waals surface area contributed by atoms with E-state index in [4.69, 9.17) is 5.73 Å². The summed E-state index contributed by atoms with van der Waals surface area (Å²) in [6, 6.07) is 7.27. The number of primary amides is 1. The van der Waals surface area contributed by atoms with Crippen LogP contribution in [-0.4, -0.2) is 22.5 Å². The molecule has 5 N–H and O–H groups in total. The molecule has 0 saturated carbocycles. The summed E-state index contributed by atoms with van der Waals surface area (Å²) >= 11 is 0. The molecule has 1 aliphatic heterocycles. The molecule has 120 valence electrons. The fourth-order valence-electron chi connectivity index (χ4n) is 3.27. The molecule has 5 nitrogen and oxygen atoms in total. The lowest BCUT2D eigenvalue weighted by Crippen LogP contribution is -2.16. The molecule has 5 heteroatoms. The summed E-state index contributed by atoms with van der Waals surface area (Å²) in [7, 11) is 0. The number of fused-ring (bicyclic) bond motifs is 3. The second-order valence-electron chi connectivity index (χ2n) is 5.96. The number of carbonyl (C=O) groups is 1. The first-order valence-corrected chi connectivity index (χ1v) is 7.75. The van der Waals surface area contributed by atoms with Gasteiger partial charge in [0.05, 0.1) is 11.1 Å². The summed E-state index contributed by atoms with van der Waals surface area (Å²) < 4.78 is 0. The Bertz CT molecular complexity index is 1060. The number of hydrogen-bond donors (Lipinski definition) is 4. The first-order chi connectivity index (χ1) is 11.6. The van der Waals surface area contributed by atoms with Crippen molar-refractivity contribution in [2.45, 2.75) is 6.92 Å². The predicted molar refractivity (Wildman–Crippen MR) is 95.8 cm³/mol. The smallest absolute Gasteiger partial charge is 0.250 e. The van der Waals surface area contributed by atoms with E-state index < -0.39 is 5.91 Å². The van der Waals surface area contributed by atoms with Gasteiger partial charge in [-0.2, -0.15) is 0 Å². The lowest BCUT2D eigenvalue weighted by Gasteiger charge is -2.14. The molecule has 1 amide bonds. The van der Waals surface area contributed by atoms with Crippen molar-refractivity contribution in [2.24, 2.45) is 5.73 Å².